The largest absolute Gasteiger partial charge is 0.468 e. The lowest BCUT2D eigenvalue weighted by Gasteiger charge is -2.09. The molecule has 0 fully saturated rings. The Kier molecular flexibility index (Phi) is 4.92. The maximum absolute atomic E-state index is 5.84. The Hall–Kier alpha value is -1.66. The average molecular weight is 311 g/mol. The number of benzene rings is 1. The molecule has 0 saturated carbocycles. The van der Waals surface area contributed by atoms with Gasteiger partial charge in [0.1, 0.15) is 6.33 Å². The molecular weight excluding hydrogens is 296 g/mol. The first-order chi connectivity index (χ1) is 9.52. The van der Waals surface area contributed by atoms with Crippen molar-refractivity contribution in [2.45, 2.75) is 26.5 Å². The van der Waals surface area contributed by atoms with Gasteiger partial charge in [-0.1, -0.05) is 23.7 Å². The van der Waals surface area contributed by atoms with Crippen molar-refractivity contribution in [1.82, 2.24) is 14.8 Å². The number of thiocarbonyl (C=S) groups is 1. The van der Waals surface area contributed by atoms with Gasteiger partial charge in [0.15, 0.2) is 0 Å². The van der Waals surface area contributed by atoms with Crippen LogP contribution in [-0.2, 0) is 11.3 Å². The van der Waals surface area contributed by atoms with E-state index in [0.29, 0.717) is 17.5 Å². The van der Waals surface area contributed by atoms with E-state index in [1.54, 1.807) is 11.0 Å². The van der Waals surface area contributed by atoms with Gasteiger partial charge in [-0.05, 0) is 43.8 Å². The number of halogens is 1. The number of nitrogens with zero attached hydrogens (tertiary/aromatic N) is 3. The van der Waals surface area contributed by atoms with Crippen LogP contribution in [0.3, 0.4) is 0 Å². The van der Waals surface area contributed by atoms with Crippen molar-refractivity contribution < 1.29 is 4.74 Å². The van der Waals surface area contributed by atoms with Crippen LogP contribution < -0.4 is 5.32 Å². The summed E-state index contributed by atoms with van der Waals surface area (Å²) in [6.45, 7) is 4.42. The Morgan fingerprint density at radius 2 is 2.10 bits per heavy atom. The van der Waals surface area contributed by atoms with E-state index >= 15 is 0 Å². The van der Waals surface area contributed by atoms with Crippen molar-refractivity contribution in [2.24, 2.45) is 0 Å². The third-order valence-electron chi connectivity index (χ3n) is 2.35. The lowest BCUT2D eigenvalue weighted by Crippen LogP contribution is -2.18. The molecule has 1 aromatic carbocycles. The summed E-state index contributed by atoms with van der Waals surface area (Å²) < 4.78 is 7.02. The topological polar surface area (TPSA) is 52.0 Å². The first-order valence-electron chi connectivity index (χ1n) is 6.14. The minimum Gasteiger partial charge on any atom is -0.468 e. The van der Waals surface area contributed by atoms with Crippen LogP contribution in [0.4, 0.5) is 5.95 Å². The van der Waals surface area contributed by atoms with Crippen LogP contribution >= 0.6 is 23.8 Å². The number of aromatic nitrogens is 3. The highest BCUT2D eigenvalue weighted by Gasteiger charge is 2.06. The van der Waals surface area contributed by atoms with Crippen molar-refractivity contribution in [3.8, 4) is 0 Å². The number of ether oxygens (including phenoxy) is 1. The molecular formula is C13H15ClN4OS. The highest BCUT2D eigenvalue weighted by molar-refractivity contribution is 7.80. The molecule has 2 aromatic rings. The first-order valence-corrected chi connectivity index (χ1v) is 6.93. The number of hydrogen-bond acceptors (Lipinski definition) is 4. The molecule has 0 spiro atoms. The zero-order valence-corrected chi connectivity index (χ0v) is 12.8. The molecule has 0 unspecified atom stereocenters. The van der Waals surface area contributed by atoms with Crippen molar-refractivity contribution >= 4 is 34.9 Å². The number of hydrogen-bond donors (Lipinski definition) is 1. The molecule has 0 saturated heterocycles. The summed E-state index contributed by atoms with van der Waals surface area (Å²) >= 11 is 10.9. The van der Waals surface area contributed by atoms with E-state index in [1.165, 1.54) is 0 Å². The van der Waals surface area contributed by atoms with Gasteiger partial charge in [-0.2, -0.15) is 0 Å². The van der Waals surface area contributed by atoms with Crippen LogP contribution in [0, 0.1) is 0 Å². The van der Waals surface area contributed by atoms with E-state index in [4.69, 9.17) is 28.6 Å². The molecule has 1 aromatic heterocycles. The molecule has 0 aliphatic rings. The lowest BCUT2D eigenvalue weighted by atomic mass is 10.2. The van der Waals surface area contributed by atoms with Crippen LogP contribution in [-0.4, -0.2) is 26.0 Å². The highest BCUT2D eigenvalue weighted by Crippen LogP contribution is 2.10. The molecule has 0 radical (unpaired) electrons. The predicted molar refractivity (Wildman–Crippen MR) is 83.0 cm³/mol. The normalized spacial score (nSPS) is 10.6. The highest BCUT2D eigenvalue weighted by atomic mass is 35.5. The van der Waals surface area contributed by atoms with Crippen molar-refractivity contribution in [3.05, 3.63) is 41.2 Å². The van der Waals surface area contributed by atoms with Crippen molar-refractivity contribution in [3.63, 3.8) is 0 Å². The van der Waals surface area contributed by atoms with Gasteiger partial charge < -0.3 is 4.74 Å². The van der Waals surface area contributed by atoms with E-state index in [1.807, 2.05) is 38.1 Å². The van der Waals surface area contributed by atoms with Crippen LogP contribution in [0.1, 0.15) is 19.4 Å². The third kappa shape index (κ3) is 4.47. The van der Waals surface area contributed by atoms with E-state index < -0.39 is 0 Å². The Labute approximate surface area is 127 Å². The smallest absolute Gasteiger partial charge is 0.263 e. The zero-order chi connectivity index (χ0) is 14.5. The van der Waals surface area contributed by atoms with Gasteiger partial charge in [-0.25, -0.2) is 9.67 Å². The molecule has 0 atom stereocenters. The fraction of sp³-hybridized carbons (Fsp3) is 0.308. The van der Waals surface area contributed by atoms with Crippen LogP contribution in [0.15, 0.2) is 30.6 Å². The van der Waals surface area contributed by atoms with E-state index in [9.17, 15) is 0 Å². The second kappa shape index (κ2) is 6.67. The van der Waals surface area contributed by atoms with Gasteiger partial charge in [0.05, 0.1) is 12.6 Å². The van der Waals surface area contributed by atoms with Crippen LogP contribution in [0.25, 0.3) is 0 Å². The maximum Gasteiger partial charge on any atom is 0.263 e. The number of anilines is 1. The Morgan fingerprint density at radius 3 is 2.75 bits per heavy atom. The second-order valence-corrected chi connectivity index (χ2v) is 5.28. The summed E-state index contributed by atoms with van der Waals surface area (Å²) in [6.07, 6.45) is 1.65. The Bertz CT molecular complexity index is 582. The minimum absolute atomic E-state index is 0.0196. The monoisotopic (exact) mass is 310 g/mol. The molecule has 0 aliphatic heterocycles. The summed E-state index contributed by atoms with van der Waals surface area (Å²) in [7, 11) is 0. The average Bonchev–Trinajstić information content (AvgIpc) is 2.78. The molecule has 20 heavy (non-hydrogen) atoms. The van der Waals surface area contributed by atoms with E-state index in [-0.39, 0.29) is 11.3 Å². The molecule has 1 heterocycles. The van der Waals surface area contributed by atoms with Gasteiger partial charge in [0.25, 0.3) is 5.17 Å². The molecule has 0 bridgehead atoms. The van der Waals surface area contributed by atoms with Crippen LogP contribution in [0.2, 0.25) is 5.02 Å². The third-order valence-corrected chi connectivity index (χ3v) is 2.80. The second-order valence-electron chi connectivity index (χ2n) is 4.47. The minimum atomic E-state index is 0.0196. The molecule has 106 valence electrons. The SMILES string of the molecule is CC(C)OC(=S)Nc1ncn(Cc2ccc(Cl)cc2)n1. The summed E-state index contributed by atoms with van der Waals surface area (Å²) in [5, 5.41) is 8.08. The first kappa shape index (κ1) is 14.7. The van der Waals surface area contributed by atoms with Gasteiger partial charge in [-0.15, -0.1) is 5.10 Å². The fourth-order valence-corrected chi connectivity index (χ4v) is 1.95. The standard InChI is InChI=1S/C13H15ClN4OS/c1-9(2)19-13(20)16-12-15-8-18(17-12)7-10-3-5-11(14)6-4-10/h3-6,8-9H,7H2,1-2H3,(H,16,17,20). The van der Waals surface area contributed by atoms with Crippen LogP contribution in [0.5, 0.6) is 0 Å². The number of rotatable bonds is 4. The molecule has 7 heteroatoms. The molecule has 2 rings (SSSR count). The fourth-order valence-electron chi connectivity index (χ4n) is 1.54. The summed E-state index contributed by atoms with van der Waals surface area (Å²) in [5.74, 6) is 0.421. The quantitative estimate of drug-likeness (QED) is 0.879. The van der Waals surface area contributed by atoms with Crippen molar-refractivity contribution in [1.29, 1.82) is 0 Å². The summed E-state index contributed by atoms with van der Waals surface area (Å²) in [4.78, 5) is 4.12. The Balaban J connectivity index is 1.95. The van der Waals surface area contributed by atoms with Gasteiger partial charge >= 0.3 is 0 Å². The maximum atomic E-state index is 5.84. The van der Waals surface area contributed by atoms with E-state index in [2.05, 4.69) is 15.4 Å². The summed E-state index contributed by atoms with van der Waals surface area (Å²) in [5.41, 5.74) is 1.09. The predicted octanol–water partition coefficient (Wildman–Crippen LogP) is 3.10. The van der Waals surface area contributed by atoms with E-state index in [0.717, 1.165) is 5.56 Å². The molecule has 5 nitrogen and oxygen atoms in total. The van der Waals surface area contributed by atoms with Crippen molar-refractivity contribution in [2.75, 3.05) is 5.32 Å². The van der Waals surface area contributed by atoms with Gasteiger partial charge in [-0.3, -0.25) is 5.32 Å². The van der Waals surface area contributed by atoms with Gasteiger partial charge in [0.2, 0.25) is 5.95 Å². The lowest BCUT2D eigenvalue weighted by molar-refractivity contribution is 0.234. The molecule has 0 aliphatic carbocycles. The summed E-state index contributed by atoms with van der Waals surface area (Å²) in [6, 6.07) is 7.59. The molecule has 0 amide bonds. The zero-order valence-electron chi connectivity index (χ0n) is 11.2. The van der Waals surface area contributed by atoms with Gasteiger partial charge in [0, 0.05) is 5.02 Å². The number of nitrogens with one attached hydrogen (secondary N) is 1. The Morgan fingerprint density at radius 1 is 1.40 bits per heavy atom. The molecule has 1 N–H and O–H groups in total.